The minimum Gasteiger partial charge on any atom is -0.396 e. The first-order chi connectivity index (χ1) is 6.56. The van der Waals surface area contributed by atoms with Gasteiger partial charge in [0, 0.05) is 24.7 Å². The lowest BCUT2D eigenvalue weighted by atomic mass is 10.1. The Morgan fingerprint density at radius 1 is 1.57 bits per heavy atom. The summed E-state index contributed by atoms with van der Waals surface area (Å²) in [5.41, 5.74) is 0.00512. The van der Waals surface area contributed by atoms with Crippen LogP contribution in [0.2, 0.25) is 0 Å². The summed E-state index contributed by atoms with van der Waals surface area (Å²) in [5, 5.41) is 19.2. The van der Waals surface area contributed by atoms with Gasteiger partial charge in [0.2, 0.25) is 0 Å². The number of aliphatic hydroxyl groups is 1. The van der Waals surface area contributed by atoms with Gasteiger partial charge in [-0.2, -0.15) is 0 Å². The number of nitro benzene ring substituents is 1. The fourth-order valence-corrected chi connectivity index (χ4v) is 1.40. The van der Waals surface area contributed by atoms with Crippen LogP contribution in [0.1, 0.15) is 5.56 Å². The molecule has 0 bridgehead atoms. The number of benzene rings is 1. The van der Waals surface area contributed by atoms with E-state index in [-0.39, 0.29) is 28.8 Å². The summed E-state index contributed by atoms with van der Waals surface area (Å²) in [6, 6.07) is 2.15. The molecule has 14 heavy (non-hydrogen) atoms. The van der Waals surface area contributed by atoms with Crippen LogP contribution in [-0.4, -0.2) is 16.6 Å². The van der Waals surface area contributed by atoms with Crippen LogP contribution in [0.15, 0.2) is 16.6 Å². The van der Waals surface area contributed by atoms with E-state index in [4.69, 9.17) is 5.11 Å². The normalized spacial score (nSPS) is 10.2. The van der Waals surface area contributed by atoms with E-state index in [1.54, 1.807) is 0 Å². The van der Waals surface area contributed by atoms with Gasteiger partial charge in [0.1, 0.15) is 5.82 Å². The van der Waals surface area contributed by atoms with E-state index < -0.39 is 10.7 Å². The van der Waals surface area contributed by atoms with Gasteiger partial charge in [-0.25, -0.2) is 4.39 Å². The Balaban J connectivity index is 3.24. The summed E-state index contributed by atoms with van der Waals surface area (Å²) in [5.74, 6) is -0.570. The zero-order chi connectivity index (χ0) is 10.7. The van der Waals surface area contributed by atoms with Gasteiger partial charge in [-0.05, 0) is 22.0 Å². The molecule has 76 valence electrons. The number of hydrogen-bond acceptors (Lipinski definition) is 3. The minimum absolute atomic E-state index is 0.0471. The Morgan fingerprint density at radius 2 is 2.21 bits per heavy atom. The number of nitrogens with zero attached hydrogens (tertiary/aromatic N) is 1. The number of halogens is 2. The number of nitro groups is 1. The average Bonchev–Trinajstić information content (AvgIpc) is 2.11. The van der Waals surface area contributed by atoms with E-state index in [0.29, 0.717) is 0 Å². The number of rotatable bonds is 3. The van der Waals surface area contributed by atoms with Crippen LogP contribution in [-0.2, 0) is 6.42 Å². The van der Waals surface area contributed by atoms with Gasteiger partial charge in [0.25, 0.3) is 5.69 Å². The molecule has 0 unspecified atom stereocenters. The molecule has 0 aliphatic heterocycles. The first kappa shape index (κ1) is 11.1. The first-order valence-electron chi connectivity index (χ1n) is 3.79. The van der Waals surface area contributed by atoms with Crippen LogP contribution in [0.3, 0.4) is 0 Å². The average molecular weight is 264 g/mol. The maximum Gasteiger partial charge on any atom is 0.274 e. The molecule has 0 atom stereocenters. The van der Waals surface area contributed by atoms with Crippen molar-refractivity contribution in [2.24, 2.45) is 0 Å². The second kappa shape index (κ2) is 4.47. The molecule has 1 aromatic carbocycles. The van der Waals surface area contributed by atoms with Crippen molar-refractivity contribution in [3.8, 4) is 0 Å². The zero-order valence-electron chi connectivity index (χ0n) is 7.04. The van der Waals surface area contributed by atoms with E-state index in [1.807, 2.05) is 0 Å². The fourth-order valence-electron chi connectivity index (χ4n) is 1.07. The third-order valence-electron chi connectivity index (χ3n) is 1.70. The molecule has 0 radical (unpaired) electrons. The Morgan fingerprint density at radius 3 is 2.71 bits per heavy atom. The number of aliphatic hydroxyl groups excluding tert-OH is 1. The lowest BCUT2D eigenvalue weighted by Gasteiger charge is -2.02. The third kappa shape index (κ3) is 2.27. The molecule has 0 saturated heterocycles. The Bertz CT molecular complexity index is 370. The monoisotopic (exact) mass is 263 g/mol. The molecule has 1 rings (SSSR count). The van der Waals surface area contributed by atoms with Gasteiger partial charge >= 0.3 is 0 Å². The fraction of sp³-hybridized carbons (Fsp3) is 0.250. The predicted octanol–water partition coefficient (Wildman–Crippen LogP) is 2.03. The summed E-state index contributed by atoms with van der Waals surface area (Å²) in [6.07, 6.45) is 0.0700. The van der Waals surface area contributed by atoms with E-state index in [2.05, 4.69) is 15.9 Å². The standard InChI is InChI=1S/C8H7BrFNO3/c9-6-4-8(11(13)14)5(1-2-12)3-7(6)10/h3-4,12H,1-2H2. The lowest BCUT2D eigenvalue weighted by molar-refractivity contribution is -0.385. The molecule has 1 N–H and O–H groups in total. The van der Waals surface area contributed by atoms with Crippen molar-refractivity contribution < 1.29 is 14.4 Å². The highest BCUT2D eigenvalue weighted by Gasteiger charge is 2.16. The van der Waals surface area contributed by atoms with Crippen LogP contribution < -0.4 is 0 Å². The SMILES string of the molecule is O=[N+]([O-])c1cc(Br)c(F)cc1CCO. The Labute approximate surface area is 87.6 Å². The molecular weight excluding hydrogens is 257 g/mol. The Hall–Kier alpha value is -1.01. The van der Waals surface area contributed by atoms with E-state index in [1.165, 1.54) is 0 Å². The second-order valence-corrected chi connectivity index (χ2v) is 3.48. The third-order valence-corrected chi connectivity index (χ3v) is 2.31. The number of hydrogen-bond donors (Lipinski definition) is 1. The molecule has 0 aliphatic rings. The molecule has 6 heteroatoms. The van der Waals surface area contributed by atoms with E-state index in [0.717, 1.165) is 12.1 Å². The summed E-state index contributed by atoms with van der Waals surface area (Å²) in [7, 11) is 0. The molecule has 4 nitrogen and oxygen atoms in total. The minimum atomic E-state index is -0.602. The largest absolute Gasteiger partial charge is 0.396 e. The van der Waals surface area contributed by atoms with Crippen molar-refractivity contribution in [3.05, 3.63) is 38.1 Å². The molecule has 0 fully saturated rings. The van der Waals surface area contributed by atoms with Crippen LogP contribution in [0.5, 0.6) is 0 Å². The predicted molar refractivity (Wildman–Crippen MR) is 51.5 cm³/mol. The molecule has 0 aliphatic carbocycles. The molecule has 0 saturated carbocycles. The molecule has 1 aromatic rings. The maximum absolute atomic E-state index is 13.0. The highest BCUT2D eigenvalue weighted by molar-refractivity contribution is 9.10. The smallest absolute Gasteiger partial charge is 0.274 e. The quantitative estimate of drug-likeness (QED) is 0.671. The Kier molecular flexibility index (Phi) is 3.54. The highest BCUT2D eigenvalue weighted by atomic mass is 79.9. The summed E-state index contributed by atoms with van der Waals surface area (Å²) < 4.78 is 13.0. The van der Waals surface area contributed by atoms with Gasteiger partial charge in [-0.15, -0.1) is 0 Å². The van der Waals surface area contributed by atoms with Gasteiger partial charge in [0.05, 0.1) is 9.40 Å². The zero-order valence-corrected chi connectivity index (χ0v) is 8.62. The van der Waals surface area contributed by atoms with Crippen LogP contribution in [0, 0.1) is 15.9 Å². The van der Waals surface area contributed by atoms with Gasteiger partial charge in [0.15, 0.2) is 0 Å². The summed E-state index contributed by atoms with van der Waals surface area (Å²) in [4.78, 5) is 9.94. The topological polar surface area (TPSA) is 63.4 Å². The van der Waals surface area contributed by atoms with Crippen molar-refractivity contribution >= 4 is 21.6 Å². The van der Waals surface area contributed by atoms with Crippen LogP contribution in [0.25, 0.3) is 0 Å². The van der Waals surface area contributed by atoms with Crippen molar-refractivity contribution in [2.75, 3.05) is 6.61 Å². The molecule has 0 amide bonds. The maximum atomic E-state index is 13.0. The first-order valence-corrected chi connectivity index (χ1v) is 4.58. The van der Waals surface area contributed by atoms with Gasteiger partial charge in [-0.1, -0.05) is 0 Å². The van der Waals surface area contributed by atoms with Crippen molar-refractivity contribution in [2.45, 2.75) is 6.42 Å². The van der Waals surface area contributed by atoms with E-state index >= 15 is 0 Å². The lowest BCUT2D eigenvalue weighted by Crippen LogP contribution is -1.99. The highest BCUT2D eigenvalue weighted by Crippen LogP contribution is 2.26. The second-order valence-electron chi connectivity index (χ2n) is 2.63. The van der Waals surface area contributed by atoms with Gasteiger partial charge < -0.3 is 5.11 Å². The van der Waals surface area contributed by atoms with Crippen LogP contribution in [0.4, 0.5) is 10.1 Å². The summed E-state index contributed by atoms with van der Waals surface area (Å²) >= 11 is 2.86. The van der Waals surface area contributed by atoms with Crippen molar-refractivity contribution in [1.29, 1.82) is 0 Å². The van der Waals surface area contributed by atoms with Gasteiger partial charge in [-0.3, -0.25) is 10.1 Å². The van der Waals surface area contributed by atoms with E-state index in [9.17, 15) is 14.5 Å². The molecule has 0 spiro atoms. The molecule has 0 aromatic heterocycles. The molecular formula is C8H7BrFNO3. The van der Waals surface area contributed by atoms with Crippen molar-refractivity contribution in [3.63, 3.8) is 0 Å². The summed E-state index contributed by atoms with van der Waals surface area (Å²) in [6.45, 7) is -0.248. The molecule has 0 heterocycles. The van der Waals surface area contributed by atoms with Crippen molar-refractivity contribution in [1.82, 2.24) is 0 Å². The van der Waals surface area contributed by atoms with Crippen LogP contribution >= 0.6 is 15.9 Å².